The fourth-order valence-corrected chi connectivity index (χ4v) is 1.47. The Balaban J connectivity index is 2.09. The Morgan fingerprint density at radius 1 is 1.55 bits per heavy atom. The molecule has 1 aliphatic carbocycles. The fourth-order valence-electron chi connectivity index (χ4n) is 1.47. The van der Waals surface area contributed by atoms with Crippen molar-refractivity contribution in [3.63, 3.8) is 0 Å². The van der Waals surface area contributed by atoms with Gasteiger partial charge >= 0.3 is 0 Å². The second kappa shape index (κ2) is 2.62. The second-order valence-electron chi connectivity index (χ2n) is 3.09. The Morgan fingerprint density at radius 2 is 2.45 bits per heavy atom. The molecule has 2 heteroatoms. The zero-order valence-electron chi connectivity index (χ0n) is 6.40. The number of nitrogens with two attached hydrogens (primary N) is 1. The van der Waals surface area contributed by atoms with E-state index in [1.807, 2.05) is 18.3 Å². The zero-order chi connectivity index (χ0) is 7.68. The van der Waals surface area contributed by atoms with E-state index in [0.29, 0.717) is 11.8 Å². The first-order valence-electron chi connectivity index (χ1n) is 4.03. The molecule has 1 saturated carbocycles. The lowest BCUT2D eigenvalue weighted by molar-refractivity contribution is 0.797. The summed E-state index contributed by atoms with van der Waals surface area (Å²) in [6, 6.07) is 6.07. The van der Waals surface area contributed by atoms with E-state index in [1.165, 1.54) is 12.1 Å². The molecule has 0 saturated heterocycles. The van der Waals surface area contributed by atoms with Gasteiger partial charge in [-0.05, 0) is 31.0 Å². The maximum atomic E-state index is 5.53. The van der Waals surface area contributed by atoms with E-state index >= 15 is 0 Å². The van der Waals surface area contributed by atoms with Crippen LogP contribution in [-0.2, 0) is 0 Å². The minimum atomic E-state index is 0.654. The summed E-state index contributed by atoms with van der Waals surface area (Å²) < 4.78 is 0. The van der Waals surface area contributed by atoms with Crippen LogP contribution in [0.15, 0.2) is 24.4 Å². The number of hydrogen-bond donors (Lipinski definition) is 1. The number of nitrogens with zero attached hydrogens (tertiary/aromatic N) is 1. The van der Waals surface area contributed by atoms with Crippen LogP contribution in [0.5, 0.6) is 0 Å². The highest BCUT2D eigenvalue weighted by molar-refractivity contribution is 5.17. The maximum Gasteiger partial charge on any atom is 0.0437 e. The summed E-state index contributed by atoms with van der Waals surface area (Å²) in [5.74, 6) is 1.35. The largest absolute Gasteiger partial charge is 0.330 e. The van der Waals surface area contributed by atoms with Gasteiger partial charge in [-0.15, -0.1) is 0 Å². The molecule has 1 aromatic heterocycles. The predicted molar refractivity (Wildman–Crippen MR) is 44.1 cm³/mol. The highest BCUT2D eigenvalue weighted by atomic mass is 14.7. The molecule has 0 bridgehead atoms. The summed E-state index contributed by atoms with van der Waals surface area (Å²) in [5, 5.41) is 0. The van der Waals surface area contributed by atoms with Crippen molar-refractivity contribution in [1.29, 1.82) is 0 Å². The lowest BCUT2D eigenvalue weighted by atomic mass is 10.2. The average Bonchev–Trinajstić information content (AvgIpc) is 2.85. The maximum absolute atomic E-state index is 5.53. The molecule has 2 nitrogen and oxygen atoms in total. The molecule has 2 unspecified atom stereocenters. The first-order chi connectivity index (χ1) is 5.42. The van der Waals surface area contributed by atoms with Gasteiger partial charge < -0.3 is 5.73 Å². The summed E-state index contributed by atoms with van der Waals surface area (Å²) in [4.78, 5) is 4.28. The van der Waals surface area contributed by atoms with E-state index in [9.17, 15) is 0 Å². The monoisotopic (exact) mass is 148 g/mol. The third-order valence-corrected chi connectivity index (χ3v) is 2.29. The summed E-state index contributed by atoms with van der Waals surface area (Å²) in [6.07, 6.45) is 3.08. The molecule has 0 aromatic carbocycles. The van der Waals surface area contributed by atoms with Crippen molar-refractivity contribution in [3.8, 4) is 0 Å². The summed E-state index contributed by atoms with van der Waals surface area (Å²) in [7, 11) is 0. The van der Waals surface area contributed by atoms with Crippen molar-refractivity contribution < 1.29 is 0 Å². The zero-order valence-corrected chi connectivity index (χ0v) is 6.40. The van der Waals surface area contributed by atoms with E-state index in [4.69, 9.17) is 5.73 Å². The van der Waals surface area contributed by atoms with Gasteiger partial charge in [-0.25, -0.2) is 0 Å². The molecule has 2 rings (SSSR count). The molecule has 0 radical (unpaired) electrons. The van der Waals surface area contributed by atoms with E-state index in [1.54, 1.807) is 0 Å². The smallest absolute Gasteiger partial charge is 0.0437 e. The van der Waals surface area contributed by atoms with Gasteiger partial charge in [0.25, 0.3) is 0 Å². The van der Waals surface area contributed by atoms with Crippen LogP contribution in [0.3, 0.4) is 0 Å². The molecule has 0 spiro atoms. The first kappa shape index (κ1) is 6.80. The van der Waals surface area contributed by atoms with Gasteiger partial charge in [0.1, 0.15) is 0 Å². The second-order valence-corrected chi connectivity index (χ2v) is 3.09. The van der Waals surface area contributed by atoms with Crippen molar-refractivity contribution >= 4 is 0 Å². The van der Waals surface area contributed by atoms with Crippen LogP contribution in [0.25, 0.3) is 0 Å². The molecule has 2 atom stereocenters. The topological polar surface area (TPSA) is 38.9 Å². The Bertz CT molecular complexity index is 233. The van der Waals surface area contributed by atoms with E-state index in [0.717, 1.165) is 6.54 Å². The molecule has 0 aliphatic heterocycles. The van der Waals surface area contributed by atoms with Crippen molar-refractivity contribution in [2.24, 2.45) is 11.7 Å². The summed E-state index contributed by atoms with van der Waals surface area (Å²) >= 11 is 0. The van der Waals surface area contributed by atoms with Crippen LogP contribution in [0, 0.1) is 5.92 Å². The standard InChI is InChI=1S/C9H12N2/c10-6-7-5-8(7)9-3-1-2-4-11-9/h1-4,7-8H,5-6,10H2. The molecule has 1 aliphatic rings. The molecule has 58 valence electrons. The fraction of sp³-hybridized carbons (Fsp3) is 0.444. The Kier molecular flexibility index (Phi) is 1.62. The molecular weight excluding hydrogens is 136 g/mol. The minimum absolute atomic E-state index is 0.654. The van der Waals surface area contributed by atoms with E-state index < -0.39 is 0 Å². The third-order valence-electron chi connectivity index (χ3n) is 2.29. The lowest BCUT2D eigenvalue weighted by Crippen LogP contribution is -2.02. The van der Waals surface area contributed by atoms with Crippen LogP contribution in [0.4, 0.5) is 0 Å². The van der Waals surface area contributed by atoms with Crippen LogP contribution in [0.1, 0.15) is 18.0 Å². The molecule has 1 heterocycles. The quantitative estimate of drug-likeness (QED) is 0.683. The number of pyridine rings is 1. The highest BCUT2D eigenvalue weighted by Gasteiger charge is 2.37. The van der Waals surface area contributed by atoms with Crippen molar-refractivity contribution in [2.45, 2.75) is 12.3 Å². The highest BCUT2D eigenvalue weighted by Crippen LogP contribution is 2.45. The number of aromatic nitrogens is 1. The molecule has 0 amide bonds. The van der Waals surface area contributed by atoms with Gasteiger partial charge in [-0.3, -0.25) is 4.98 Å². The lowest BCUT2D eigenvalue weighted by Gasteiger charge is -1.95. The van der Waals surface area contributed by atoms with Gasteiger partial charge in [0.2, 0.25) is 0 Å². The number of hydrogen-bond acceptors (Lipinski definition) is 2. The SMILES string of the molecule is NCC1CC1c1ccccn1. The van der Waals surface area contributed by atoms with Gasteiger partial charge in [-0.2, -0.15) is 0 Å². The minimum Gasteiger partial charge on any atom is -0.330 e. The van der Waals surface area contributed by atoms with Crippen LogP contribution < -0.4 is 5.73 Å². The van der Waals surface area contributed by atoms with Gasteiger partial charge in [0, 0.05) is 17.8 Å². The molecular formula is C9H12N2. The van der Waals surface area contributed by atoms with Crippen molar-refractivity contribution in [2.75, 3.05) is 6.54 Å². The third kappa shape index (κ3) is 1.26. The van der Waals surface area contributed by atoms with Crippen LogP contribution in [-0.4, -0.2) is 11.5 Å². The Hall–Kier alpha value is -0.890. The van der Waals surface area contributed by atoms with Crippen molar-refractivity contribution in [1.82, 2.24) is 4.98 Å². The Morgan fingerprint density at radius 3 is 3.00 bits per heavy atom. The predicted octanol–water partition coefficient (Wildman–Crippen LogP) is 1.14. The number of rotatable bonds is 2. The van der Waals surface area contributed by atoms with Crippen LogP contribution in [0.2, 0.25) is 0 Å². The normalized spacial score (nSPS) is 28.5. The van der Waals surface area contributed by atoms with Crippen LogP contribution >= 0.6 is 0 Å². The van der Waals surface area contributed by atoms with Gasteiger partial charge in [0.15, 0.2) is 0 Å². The van der Waals surface area contributed by atoms with E-state index in [2.05, 4.69) is 11.1 Å². The molecule has 11 heavy (non-hydrogen) atoms. The average molecular weight is 148 g/mol. The molecule has 1 fully saturated rings. The van der Waals surface area contributed by atoms with Crippen molar-refractivity contribution in [3.05, 3.63) is 30.1 Å². The van der Waals surface area contributed by atoms with E-state index in [-0.39, 0.29) is 0 Å². The van der Waals surface area contributed by atoms with Gasteiger partial charge in [-0.1, -0.05) is 6.07 Å². The molecule has 2 N–H and O–H groups in total. The summed E-state index contributed by atoms with van der Waals surface area (Å²) in [6.45, 7) is 0.807. The first-order valence-corrected chi connectivity index (χ1v) is 4.03. The Labute approximate surface area is 66.4 Å². The van der Waals surface area contributed by atoms with Gasteiger partial charge in [0.05, 0.1) is 0 Å². The summed E-state index contributed by atoms with van der Waals surface area (Å²) in [5.41, 5.74) is 6.74. The molecule has 1 aromatic rings.